The van der Waals surface area contributed by atoms with E-state index in [1.165, 1.54) is 23.8 Å². The van der Waals surface area contributed by atoms with Gasteiger partial charge in [-0.05, 0) is 46.6 Å². The van der Waals surface area contributed by atoms with Crippen LogP contribution < -0.4 is 10.6 Å². The maximum Gasteiger partial charge on any atom is 0.351 e. The molecule has 1 heterocycles. The first-order valence-electron chi connectivity index (χ1n) is 9.41. The van der Waals surface area contributed by atoms with Gasteiger partial charge in [0.05, 0.1) is 5.69 Å². The van der Waals surface area contributed by atoms with Crippen molar-refractivity contribution in [1.82, 2.24) is 15.6 Å². The van der Waals surface area contributed by atoms with Gasteiger partial charge in [-0.15, -0.1) is 11.3 Å². The number of carbonyl (C=O) groups excluding carboxylic acids is 3. The van der Waals surface area contributed by atoms with Gasteiger partial charge in [0, 0.05) is 11.1 Å². The molecule has 1 aromatic heterocycles. The third-order valence-corrected chi connectivity index (χ3v) is 5.16. The lowest BCUT2D eigenvalue weighted by Crippen LogP contribution is -2.50. The molecule has 3 amide bonds. The van der Waals surface area contributed by atoms with Crippen LogP contribution in [-0.4, -0.2) is 34.5 Å². The largest absolute Gasteiger partial charge is 0.448 e. The van der Waals surface area contributed by atoms with Gasteiger partial charge in [-0.25, -0.2) is 14.6 Å². The summed E-state index contributed by atoms with van der Waals surface area (Å²) in [5.41, 5.74) is 2.18. The monoisotopic (exact) mass is 417 g/mol. The zero-order valence-corrected chi connectivity index (χ0v) is 18.4. The van der Waals surface area contributed by atoms with Crippen molar-refractivity contribution in [2.45, 2.75) is 59.6 Å². The number of imide groups is 1. The molecule has 0 saturated heterocycles. The van der Waals surface area contributed by atoms with E-state index in [2.05, 4.69) is 22.5 Å². The Hall–Kier alpha value is -2.74. The number of carbonyl (C=O) groups is 3. The zero-order chi connectivity index (χ0) is 21.8. The molecule has 8 heteroatoms. The minimum Gasteiger partial charge on any atom is -0.448 e. The minimum absolute atomic E-state index is 0.332. The van der Waals surface area contributed by atoms with Crippen molar-refractivity contribution < 1.29 is 19.1 Å². The predicted molar refractivity (Wildman–Crippen MR) is 113 cm³/mol. The summed E-state index contributed by atoms with van der Waals surface area (Å²) >= 11 is 1.21. The molecule has 0 aliphatic carbocycles. The normalized spacial score (nSPS) is 12.2. The smallest absolute Gasteiger partial charge is 0.351 e. The first kappa shape index (κ1) is 22.5. The molecule has 0 saturated carbocycles. The molecule has 2 N–H and O–H groups in total. The van der Waals surface area contributed by atoms with E-state index < -0.39 is 29.6 Å². The minimum atomic E-state index is -1.12. The van der Waals surface area contributed by atoms with E-state index in [9.17, 15) is 14.4 Å². The molecule has 0 unspecified atom stereocenters. The summed E-state index contributed by atoms with van der Waals surface area (Å²) in [5.74, 6) is -1.34. The standard InChI is InChI=1S/C21H27N3O4S/c1-7-14-8-10-15(11-9-14)18-22-12(2)16(29-18)19(26)28-13(3)17(25)23-20(27)24-21(4,5)6/h8-11,13H,7H2,1-6H3,(H2,23,24,25,27)/t13-/m0/s1. The molecule has 1 aromatic carbocycles. The molecule has 0 radical (unpaired) electrons. The SMILES string of the molecule is CCc1ccc(-c2nc(C)c(C(=O)O[C@@H](C)C(=O)NC(=O)NC(C)(C)C)s2)cc1. The number of ether oxygens (including phenoxy) is 1. The lowest BCUT2D eigenvalue weighted by atomic mass is 10.1. The highest BCUT2D eigenvalue weighted by molar-refractivity contribution is 7.17. The Balaban J connectivity index is 2.03. The molecule has 2 aromatic rings. The second-order valence-electron chi connectivity index (χ2n) is 7.72. The number of thiazole rings is 1. The summed E-state index contributed by atoms with van der Waals surface area (Å²) in [7, 11) is 0. The van der Waals surface area contributed by atoms with E-state index >= 15 is 0 Å². The number of esters is 1. The van der Waals surface area contributed by atoms with Crippen molar-refractivity contribution in [2.24, 2.45) is 0 Å². The Morgan fingerprint density at radius 2 is 1.79 bits per heavy atom. The van der Waals surface area contributed by atoms with Gasteiger partial charge in [0.1, 0.15) is 9.88 Å². The fourth-order valence-corrected chi connectivity index (χ4v) is 3.40. The summed E-state index contributed by atoms with van der Waals surface area (Å²) in [6.45, 7) is 10.6. The van der Waals surface area contributed by atoms with Gasteiger partial charge in [0.15, 0.2) is 6.10 Å². The number of rotatable bonds is 5. The van der Waals surface area contributed by atoms with Crippen molar-refractivity contribution in [3.63, 3.8) is 0 Å². The van der Waals surface area contributed by atoms with Crippen molar-refractivity contribution in [3.8, 4) is 10.6 Å². The molecular formula is C21H27N3O4S. The van der Waals surface area contributed by atoms with Crippen LogP contribution in [0.15, 0.2) is 24.3 Å². The van der Waals surface area contributed by atoms with Crippen molar-refractivity contribution in [3.05, 3.63) is 40.4 Å². The fourth-order valence-electron chi connectivity index (χ4n) is 2.45. The number of hydrogen-bond donors (Lipinski definition) is 2. The Kier molecular flexibility index (Phi) is 7.13. The van der Waals surface area contributed by atoms with Crippen LogP contribution in [0, 0.1) is 6.92 Å². The molecule has 0 aliphatic rings. The Bertz CT molecular complexity index is 898. The van der Waals surface area contributed by atoms with Crippen molar-refractivity contribution in [1.29, 1.82) is 0 Å². The van der Waals surface area contributed by atoms with Crippen molar-refractivity contribution in [2.75, 3.05) is 0 Å². The van der Waals surface area contributed by atoms with Crippen LogP contribution >= 0.6 is 11.3 Å². The zero-order valence-electron chi connectivity index (χ0n) is 17.6. The lowest BCUT2D eigenvalue weighted by Gasteiger charge is -2.21. The number of urea groups is 1. The van der Waals surface area contributed by atoms with Crippen LogP contribution in [-0.2, 0) is 16.0 Å². The van der Waals surface area contributed by atoms with Gasteiger partial charge in [0.2, 0.25) is 0 Å². The van der Waals surface area contributed by atoms with Gasteiger partial charge in [0.25, 0.3) is 5.91 Å². The summed E-state index contributed by atoms with van der Waals surface area (Å²) in [4.78, 5) is 41.2. The number of aryl methyl sites for hydroxylation is 2. The van der Waals surface area contributed by atoms with Gasteiger partial charge < -0.3 is 10.1 Å². The third kappa shape index (κ3) is 6.39. The molecule has 0 spiro atoms. The van der Waals surface area contributed by atoms with Gasteiger partial charge >= 0.3 is 12.0 Å². The lowest BCUT2D eigenvalue weighted by molar-refractivity contribution is -0.127. The van der Waals surface area contributed by atoms with Crippen LogP contribution in [0.5, 0.6) is 0 Å². The number of aromatic nitrogens is 1. The third-order valence-electron chi connectivity index (χ3n) is 3.97. The molecule has 1 atom stereocenters. The second kappa shape index (κ2) is 9.17. The van der Waals surface area contributed by atoms with E-state index in [0.717, 1.165) is 12.0 Å². The highest BCUT2D eigenvalue weighted by atomic mass is 32.1. The number of nitrogens with one attached hydrogen (secondary N) is 2. The maximum absolute atomic E-state index is 12.5. The van der Waals surface area contributed by atoms with Crippen molar-refractivity contribution >= 4 is 29.2 Å². The van der Waals surface area contributed by atoms with Gasteiger partial charge in [-0.1, -0.05) is 31.2 Å². The molecule has 7 nitrogen and oxygen atoms in total. The molecule has 0 fully saturated rings. The highest BCUT2D eigenvalue weighted by Gasteiger charge is 2.25. The van der Waals surface area contributed by atoms with Crippen LogP contribution in [0.4, 0.5) is 4.79 Å². The number of benzene rings is 1. The Morgan fingerprint density at radius 3 is 2.34 bits per heavy atom. The summed E-state index contributed by atoms with van der Waals surface area (Å²) in [6.07, 6.45) is -0.176. The number of nitrogens with zero attached hydrogens (tertiary/aromatic N) is 1. The number of hydrogen-bond acceptors (Lipinski definition) is 6. The van der Waals surface area contributed by atoms with Crippen LogP contribution in [0.3, 0.4) is 0 Å². The van der Waals surface area contributed by atoms with Crippen LogP contribution in [0.1, 0.15) is 55.5 Å². The van der Waals surface area contributed by atoms with Gasteiger partial charge in [-0.2, -0.15) is 0 Å². The van der Waals surface area contributed by atoms with Gasteiger partial charge in [-0.3, -0.25) is 10.1 Å². The highest BCUT2D eigenvalue weighted by Crippen LogP contribution is 2.29. The summed E-state index contributed by atoms with van der Waals surface area (Å²) in [6, 6.07) is 7.35. The average molecular weight is 418 g/mol. The van der Waals surface area contributed by atoms with E-state index in [1.807, 2.05) is 24.3 Å². The maximum atomic E-state index is 12.5. The summed E-state index contributed by atoms with van der Waals surface area (Å²) < 4.78 is 5.24. The molecule has 0 aliphatic heterocycles. The first-order valence-corrected chi connectivity index (χ1v) is 10.2. The quantitative estimate of drug-likeness (QED) is 0.720. The molecule has 29 heavy (non-hydrogen) atoms. The Labute approximate surface area is 174 Å². The first-order chi connectivity index (χ1) is 13.5. The number of amides is 3. The second-order valence-corrected chi connectivity index (χ2v) is 8.72. The van der Waals surface area contributed by atoms with E-state index in [4.69, 9.17) is 4.74 Å². The fraction of sp³-hybridized carbons (Fsp3) is 0.429. The predicted octanol–water partition coefficient (Wildman–Crippen LogP) is 3.85. The summed E-state index contributed by atoms with van der Waals surface area (Å²) in [5, 5.41) is 5.49. The van der Waals surface area contributed by atoms with E-state index in [-0.39, 0.29) is 0 Å². The van der Waals surface area contributed by atoms with E-state index in [0.29, 0.717) is 15.6 Å². The average Bonchev–Trinajstić information content (AvgIpc) is 3.01. The Morgan fingerprint density at radius 1 is 1.17 bits per heavy atom. The molecule has 2 rings (SSSR count). The molecule has 156 valence electrons. The van der Waals surface area contributed by atoms with E-state index in [1.54, 1.807) is 27.7 Å². The van der Waals surface area contributed by atoms with Crippen LogP contribution in [0.25, 0.3) is 10.6 Å². The topological polar surface area (TPSA) is 97.4 Å². The molecular weight excluding hydrogens is 390 g/mol. The molecule has 0 bridgehead atoms. The van der Waals surface area contributed by atoms with Crippen LogP contribution in [0.2, 0.25) is 0 Å².